The topological polar surface area (TPSA) is 57.6 Å². The largest absolute Gasteiger partial charge is 0.329 e. The van der Waals surface area contributed by atoms with Gasteiger partial charge in [0, 0.05) is 18.8 Å². The zero-order valence-corrected chi connectivity index (χ0v) is 16.4. The van der Waals surface area contributed by atoms with Crippen molar-refractivity contribution in [1.82, 2.24) is 23.7 Å². The lowest BCUT2D eigenvalue weighted by Gasteiger charge is -2.11. The molecule has 0 unspecified atom stereocenters. The van der Waals surface area contributed by atoms with Gasteiger partial charge in [0.2, 0.25) is 0 Å². The van der Waals surface area contributed by atoms with E-state index < -0.39 is 0 Å². The van der Waals surface area contributed by atoms with Crippen molar-refractivity contribution in [2.75, 3.05) is 0 Å². The Kier molecular flexibility index (Phi) is 4.07. The van der Waals surface area contributed by atoms with Crippen molar-refractivity contribution in [3.63, 3.8) is 0 Å². The number of hydrogen-bond donors (Lipinski definition) is 0. The summed E-state index contributed by atoms with van der Waals surface area (Å²) in [5, 5.41) is 0. The summed E-state index contributed by atoms with van der Waals surface area (Å²) < 4.78 is 6.11. The highest BCUT2D eigenvalue weighted by Gasteiger charge is 2.29. The fourth-order valence-electron chi connectivity index (χ4n) is 4.00. The van der Waals surface area contributed by atoms with Crippen molar-refractivity contribution in [1.29, 1.82) is 0 Å². The Labute approximate surface area is 163 Å². The van der Waals surface area contributed by atoms with Crippen molar-refractivity contribution < 1.29 is 0 Å². The molecule has 0 radical (unpaired) electrons. The van der Waals surface area contributed by atoms with E-state index >= 15 is 0 Å². The molecule has 6 heteroatoms. The second-order valence-electron chi connectivity index (χ2n) is 8.19. The average molecular weight is 375 g/mol. The van der Waals surface area contributed by atoms with Gasteiger partial charge in [-0.05, 0) is 43.4 Å². The smallest absolute Gasteiger partial charge is 0.326 e. The summed E-state index contributed by atoms with van der Waals surface area (Å²) in [6.07, 6.45) is 6.87. The number of pyridine rings is 1. The molecule has 0 saturated heterocycles. The quantitative estimate of drug-likeness (QED) is 0.512. The fourth-order valence-corrected chi connectivity index (χ4v) is 4.00. The summed E-state index contributed by atoms with van der Waals surface area (Å²) in [7, 11) is 0. The van der Waals surface area contributed by atoms with Gasteiger partial charge in [0.1, 0.15) is 11.3 Å². The molecule has 4 aromatic rings. The molecule has 0 aliphatic heterocycles. The lowest BCUT2D eigenvalue weighted by molar-refractivity contribution is 0.506. The number of aromatic nitrogens is 5. The number of hydrogen-bond acceptors (Lipinski definition) is 3. The summed E-state index contributed by atoms with van der Waals surface area (Å²) >= 11 is 0. The van der Waals surface area contributed by atoms with Gasteiger partial charge in [-0.1, -0.05) is 26.0 Å². The fraction of sp³-hybridized carbons (Fsp3) is 0.409. The minimum absolute atomic E-state index is 0.0734. The molecule has 1 aliphatic rings. The monoisotopic (exact) mass is 375 g/mol. The Bertz CT molecular complexity index is 1210. The lowest BCUT2D eigenvalue weighted by Crippen LogP contribution is -2.25. The van der Waals surface area contributed by atoms with Crippen LogP contribution in [0.2, 0.25) is 0 Å². The molecule has 3 aromatic heterocycles. The summed E-state index contributed by atoms with van der Waals surface area (Å²) in [6.45, 7) is 5.83. The van der Waals surface area contributed by atoms with E-state index in [1.54, 1.807) is 6.20 Å². The van der Waals surface area contributed by atoms with Crippen molar-refractivity contribution >= 4 is 22.1 Å². The van der Waals surface area contributed by atoms with Gasteiger partial charge in [0.25, 0.3) is 0 Å². The second kappa shape index (κ2) is 6.62. The molecule has 28 heavy (non-hydrogen) atoms. The molecule has 3 heterocycles. The summed E-state index contributed by atoms with van der Waals surface area (Å²) in [4.78, 5) is 22.3. The van der Waals surface area contributed by atoms with Crippen LogP contribution in [0.1, 0.15) is 45.0 Å². The second-order valence-corrected chi connectivity index (χ2v) is 8.19. The first kappa shape index (κ1) is 17.2. The summed E-state index contributed by atoms with van der Waals surface area (Å²) in [6, 6.07) is 10.5. The minimum Gasteiger partial charge on any atom is -0.326 e. The van der Waals surface area contributed by atoms with E-state index in [4.69, 9.17) is 4.98 Å². The maximum atomic E-state index is 13.2. The van der Waals surface area contributed by atoms with Crippen molar-refractivity contribution in [3.05, 3.63) is 59.0 Å². The van der Waals surface area contributed by atoms with E-state index in [0.29, 0.717) is 18.5 Å². The molecule has 0 N–H and O–H groups in total. The summed E-state index contributed by atoms with van der Waals surface area (Å²) in [5.74, 6) is 1.52. The molecule has 1 aliphatic carbocycles. The number of para-hydroxylation sites is 2. The van der Waals surface area contributed by atoms with Crippen LogP contribution >= 0.6 is 0 Å². The number of fused-ring (bicyclic) bond motifs is 2. The molecule has 0 amide bonds. The average Bonchev–Trinajstić information content (AvgIpc) is 3.40. The number of rotatable bonds is 6. The van der Waals surface area contributed by atoms with Gasteiger partial charge in [-0.25, -0.2) is 9.78 Å². The lowest BCUT2D eigenvalue weighted by atomic mass is 10.1. The van der Waals surface area contributed by atoms with E-state index in [9.17, 15) is 4.79 Å². The third-order valence-electron chi connectivity index (χ3n) is 5.64. The molecule has 1 aromatic carbocycles. The van der Waals surface area contributed by atoms with Gasteiger partial charge in [-0.15, -0.1) is 0 Å². The van der Waals surface area contributed by atoms with Crippen LogP contribution in [0.3, 0.4) is 0 Å². The number of imidazole rings is 2. The molecule has 144 valence electrons. The molecule has 1 saturated carbocycles. The molecular formula is C22H25N5O. The van der Waals surface area contributed by atoms with Gasteiger partial charge < -0.3 is 4.57 Å². The van der Waals surface area contributed by atoms with Gasteiger partial charge in [0.05, 0.1) is 29.3 Å². The van der Waals surface area contributed by atoms with Crippen LogP contribution in [0.5, 0.6) is 0 Å². The Hall–Kier alpha value is -2.89. The zero-order valence-electron chi connectivity index (χ0n) is 16.4. The van der Waals surface area contributed by atoms with Crippen LogP contribution in [-0.2, 0) is 13.1 Å². The number of nitrogens with zero attached hydrogens (tertiary/aromatic N) is 5. The standard InChI is InChI=1S/C22H25N5O/c1-15(2)10-12-25-18-9-11-23-13-17(18)24-21(25)14-26-19-5-3-4-6-20(19)27(22(26)28)16-7-8-16/h3-6,9,11,13,15-16H,7-8,10,12,14H2,1-2H3. The van der Waals surface area contributed by atoms with Crippen molar-refractivity contribution in [2.24, 2.45) is 5.92 Å². The van der Waals surface area contributed by atoms with Crippen LogP contribution in [0.25, 0.3) is 22.1 Å². The highest BCUT2D eigenvalue weighted by Crippen LogP contribution is 2.36. The van der Waals surface area contributed by atoms with E-state index in [1.807, 2.05) is 39.6 Å². The first-order valence-corrected chi connectivity index (χ1v) is 10.1. The van der Waals surface area contributed by atoms with Gasteiger partial charge in [-0.2, -0.15) is 0 Å². The third-order valence-corrected chi connectivity index (χ3v) is 5.64. The predicted molar refractivity (Wildman–Crippen MR) is 111 cm³/mol. The minimum atomic E-state index is 0.0734. The number of aryl methyl sites for hydroxylation is 1. The predicted octanol–water partition coefficient (Wildman–Crippen LogP) is 3.98. The van der Waals surface area contributed by atoms with Crippen LogP contribution in [0.4, 0.5) is 0 Å². The molecule has 0 spiro atoms. The van der Waals surface area contributed by atoms with Crippen molar-refractivity contribution in [2.45, 2.75) is 52.2 Å². The first-order valence-electron chi connectivity index (χ1n) is 10.1. The third kappa shape index (κ3) is 2.84. The maximum absolute atomic E-state index is 13.2. The highest BCUT2D eigenvalue weighted by molar-refractivity contribution is 5.77. The van der Waals surface area contributed by atoms with E-state index in [2.05, 4.69) is 29.5 Å². The molecule has 1 fully saturated rings. The van der Waals surface area contributed by atoms with E-state index in [0.717, 1.165) is 53.7 Å². The van der Waals surface area contributed by atoms with Gasteiger partial charge in [0.15, 0.2) is 0 Å². The Morgan fingerprint density at radius 1 is 1.07 bits per heavy atom. The molecule has 0 bridgehead atoms. The highest BCUT2D eigenvalue weighted by atomic mass is 16.1. The van der Waals surface area contributed by atoms with E-state index in [1.165, 1.54) is 0 Å². The SMILES string of the molecule is CC(C)CCn1c(Cn2c(=O)n(C3CC3)c3ccccc32)nc2cnccc21. The van der Waals surface area contributed by atoms with Gasteiger partial charge >= 0.3 is 5.69 Å². The number of benzene rings is 1. The van der Waals surface area contributed by atoms with Crippen LogP contribution in [-0.4, -0.2) is 23.7 Å². The molecule has 0 atom stereocenters. The Morgan fingerprint density at radius 2 is 1.86 bits per heavy atom. The van der Waals surface area contributed by atoms with Crippen LogP contribution in [0, 0.1) is 5.92 Å². The first-order chi connectivity index (χ1) is 13.6. The van der Waals surface area contributed by atoms with Crippen molar-refractivity contribution in [3.8, 4) is 0 Å². The normalized spacial score (nSPS) is 14.5. The van der Waals surface area contributed by atoms with Crippen LogP contribution < -0.4 is 5.69 Å². The Morgan fingerprint density at radius 3 is 2.61 bits per heavy atom. The van der Waals surface area contributed by atoms with Gasteiger partial charge in [-0.3, -0.25) is 14.1 Å². The Balaban J connectivity index is 1.64. The summed E-state index contributed by atoms with van der Waals surface area (Å²) in [5.41, 5.74) is 4.07. The maximum Gasteiger partial charge on any atom is 0.329 e. The molecular weight excluding hydrogens is 350 g/mol. The zero-order chi connectivity index (χ0) is 19.3. The molecule has 5 rings (SSSR count). The van der Waals surface area contributed by atoms with Crippen LogP contribution in [0.15, 0.2) is 47.5 Å². The molecule has 6 nitrogen and oxygen atoms in total. The van der Waals surface area contributed by atoms with E-state index in [-0.39, 0.29) is 5.69 Å².